The number of carbonyl (C=O) groups excluding carboxylic acids is 1. The summed E-state index contributed by atoms with van der Waals surface area (Å²) in [6.45, 7) is 8.01. The molecule has 0 aliphatic carbocycles. The summed E-state index contributed by atoms with van der Waals surface area (Å²) >= 11 is 1.70. The first kappa shape index (κ1) is 10.8. The molecule has 0 aromatic rings. The van der Waals surface area contributed by atoms with E-state index in [4.69, 9.17) is 0 Å². The highest BCUT2D eigenvalue weighted by atomic mass is 32.2. The molecule has 0 saturated carbocycles. The lowest BCUT2D eigenvalue weighted by Crippen LogP contribution is -2.15. The molecule has 0 amide bonds. The lowest BCUT2D eigenvalue weighted by molar-refractivity contribution is -0.113. The summed E-state index contributed by atoms with van der Waals surface area (Å²) in [6, 6.07) is 0. The summed E-state index contributed by atoms with van der Waals surface area (Å²) in [6.07, 6.45) is 1.01. The molecule has 0 spiro atoms. The Morgan fingerprint density at radius 1 is 1.45 bits per heavy atom. The Balaban J connectivity index is 3.71. The molecule has 0 aromatic heterocycles. The lowest BCUT2D eigenvalue weighted by Gasteiger charge is -2.13. The van der Waals surface area contributed by atoms with Crippen LogP contribution in [0.15, 0.2) is 11.0 Å². The largest absolute Gasteiger partial charge is 0.303 e. The summed E-state index contributed by atoms with van der Waals surface area (Å²) in [5.74, 6) is 0.863. The van der Waals surface area contributed by atoms with Crippen LogP contribution in [0.3, 0.4) is 0 Å². The fraction of sp³-hybridized carbons (Fsp3) is 0.667. The van der Waals surface area contributed by atoms with Crippen molar-refractivity contribution in [2.24, 2.45) is 5.41 Å². The van der Waals surface area contributed by atoms with Crippen molar-refractivity contribution in [1.82, 2.24) is 0 Å². The second-order valence-electron chi connectivity index (χ2n) is 3.61. The number of thioether (sulfide) groups is 1. The predicted molar refractivity (Wildman–Crippen MR) is 51.7 cm³/mol. The molecule has 0 fully saturated rings. The molecule has 64 valence electrons. The van der Waals surface area contributed by atoms with Crippen molar-refractivity contribution < 1.29 is 4.79 Å². The molecule has 0 heterocycles. The van der Waals surface area contributed by atoms with Crippen LogP contribution in [0.25, 0.3) is 0 Å². The van der Waals surface area contributed by atoms with Gasteiger partial charge in [0.05, 0.1) is 0 Å². The van der Waals surface area contributed by atoms with E-state index in [9.17, 15) is 4.79 Å². The summed E-state index contributed by atoms with van der Waals surface area (Å²) in [4.78, 5) is 10.5. The monoisotopic (exact) mass is 172 g/mol. The Kier molecular flexibility index (Phi) is 4.50. The molecule has 0 saturated heterocycles. The van der Waals surface area contributed by atoms with E-state index < -0.39 is 0 Å². The number of hydrogen-bond donors (Lipinski definition) is 0. The second kappa shape index (κ2) is 4.60. The third-order valence-electron chi connectivity index (χ3n) is 1.09. The Morgan fingerprint density at radius 3 is 2.36 bits per heavy atom. The van der Waals surface area contributed by atoms with Crippen LogP contribution in [-0.2, 0) is 4.79 Å². The van der Waals surface area contributed by atoms with Crippen LogP contribution in [0.1, 0.15) is 27.7 Å². The van der Waals surface area contributed by atoms with E-state index in [2.05, 4.69) is 19.3 Å². The number of hydrogen-bond acceptors (Lipinski definition) is 2. The Morgan fingerprint density at radius 2 is 2.00 bits per heavy atom. The molecule has 0 atom stereocenters. The van der Waals surface area contributed by atoms with Crippen LogP contribution in [0.5, 0.6) is 0 Å². The van der Waals surface area contributed by atoms with Crippen molar-refractivity contribution in [1.29, 1.82) is 0 Å². The van der Waals surface area contributed by atoms with Gasteiger partial charge in [-0.1, -0.05) is 19.4 Å². The molecule has 0 aliphatic heterocycles. The summed E-state index contributed by atoms with van der Waals surface area (Å²) in [5, 5.41) is 2.09. The van der Waals surface area contributed by atoms with Crippen LogP contribution >= 0.6 is 11.8 Å². The average Bonchev–Trinajstić information content (AvgIpc) is 1.87. The normalized spacial score (nSPS) is 10.9. The first-order valence-corrected chi connectivity index (χ1v) is 4.74. The van der Waals surface area contributed by atoms with Gasteiger partial charge in [0.15, 0.2) is 0 Å². The van der Waals surface area contributed by atoms with Gasteiger partial charge in [-0.3, -0.25) is 0 Å². The van der Waals surface area contributed by atoms with Gasteiger partial charge in [0.25, 0.3) is 0 Å². The molecular formula is C9H16OS. The van der Waals surface area contributed by atoms with Gasteiger partial charge in [-0.25, -0.2) is 0 Å². The Bertz CT molecular complexity index is 155. The summed E-state index contributed by atoms with van der Waals surface area (Å²) in [5.41, 5.74) is 1.10. The van der Waals surface area contributed by atoms with E-state index in [1.807, 2.05) is 13.8 Å². The molecule has 0 radical (unpaired) electrons. The van der Waals surface area contributed by atoms with Crippen LogP contribution in [0.2, 0.25) is 0 Å². The van der Waals surface area contributed by atoms with Crippen molar-refractivity contribution in [2.75, 3.05) is 5.75 Å². The van der Waals surface area contributed by atoms with Gasteiger partial charge in [0.2, 0.25) is 0 Å². The fourth-order valence-corrected chi connectivity index (χ4v) is 1.37. The standard InChI is InChI=1S/C9H16OS/c1-8(2)5-11-7-9(3,4)6-10/h5-6H,7H2,1-4H3. The van der Waals surface area contributed by atoms with Gasteiger partial charge in [0, 0.05) is 11.2 Å². The number of allylic oxidation sites excluding steroid dienone is 1. The first-order chi connectivity index (χ1) is 4.98. The maximum absolute atomic E-state index is 10.5. The molecule has 1 nitrogen and oxygen atoms in total. The first-order valence-electron chi connectivity index (χ1n) is 3.69. The highest BCUT2D eigenvalue weighted by molar-refractivity contribution is 8.02. The molecule has 0 aliphatic rings. The van der Waals surface area contributed by atoms with E-state index in [1.165, 1.54) is 5.57 Å². The zero-order valence-electron chi connectivity index (χ0n) is 7.68. The maximum Gasteiger partial charge on any atom is 0.126 e. The van der Waals surface area contributed by atoms with Crippen LogP contribution < -0.4 is 0 Å². The van der Waals surface area contributed by atoms with Crippen LogP contribution in [-0.4, -0.2) is 12.0 Å². The fourth-order valence-electron chi connectivity index (χ4n) is 0.457. The van der Waals surface area contributed by atoms with E-state index in [-0.39, 0.29) is 5.41 Å². The van der Waals surface area contributed by atoms with Crippen molar-refractivity contribution in [2.45, 2.75) is 27.7 Å². The third kappa shape index (κ3) is 6.17. The topological polar surface area (TPSA) is 17.1 Å². The van der Waals surface area contributed by atoms with Gasteiger partial charge >= 0.3 is 0 Å². The average molecular weight is 172 g/mol. The van der Waals surface area contributed by atoms with Crippen molar-refractivity contribution in [3.05, 3.63) is 11.0 Å². The summed E-state index contributed by atoms with van der Waals surface area (Å²) < 4.78 is 0. The molecule has 0 unspecified atom stereocenters. The number of carbonyl (C=O) groups is 1. The minimum atomic E-state index is -0.184. The van der Waals surface area contributed by atoms with Crippen LogP contribution in [0, 0.1) is 5.41 Å². The maximum atomic E-state index is 10.5. The third-order valence-corrected chi connectivity index (χ3v) is 2.64. The predicted octanol–water partition coefficient (Wildman–Crippen LogP) is 2.87. The molecule has 11 heavy (non-hydrogen) atoms. The lowest BCUT2D eigenvalue weighted by atomic mass is 10.00. The Hall–Kier alpha value is -0.240. The SMILES string of the molecule is CC(C)=CSCC(C)(C)C=O. The van der Waals surface area contributed by atoms with E-state index in [0.717, 1.165) is 12.0 Å². The van der Waals surface area contributed by atoms with Gasteiger partial charge in [-0.05, 0) is 19.3 Å². The van der Waals surface area contributed by atoms with Crippen molar-refractivity contribution in [3.63, 3.8) is 0 Å². The van der Waals surface area contributed by atoms with Crippen molar-refractivity contribution in [3.8, 4) is 0 Å². The van der Waals surface area contributed by atoms with Gasteiger partial charge in [-0.2, -0.15) is 0 Å². The van der Waals surface area contributed by atoms with Crippen LogP contribution in [0.4, 0.5) is 0 Å². The number of aldehydes is 1. The quantitative estimate of drug-likeness (QED) is 0.606. The Labute approximate surface area is 73.3 Å². The molecule has 0 rings (SSSR count). The van der Waals surface area contributed by atoms with E-state index in [1.54, 1.807) is 11.8 Å². The van der Waals surface area contributed by atoms with E-state index in [0.29, 0.717) is 0 Å². The molecule has 0 bridgehead atoms. The highest BCUT2D eigenvalue weighted by Crippen LogP contribution is 2.20. The minimum absolute atomic E-state index is 0.184. The zero-order chi connectivity index (χ0) is 8.91. The smallest absolute Gasteiger partial charge is 0.126 e. The molecule has 0 N–H and O–H groups in total. The highest BCUT2D eigenvalue weighted by Gasteiger charge is 2.14. The van der Waals surface area contributed by atoms with Crippen molar-refractivity contribution >= 4 is 18.0 Å². The zero-order valence-corrected chi connectivity index (χ0v) is 8.49. The summed E-state index contributed by atoms with van der Waals surface area (Å²) in [7, 11) is 0. The van der Waals surface area contributed by atoms with Gasteiger partial charge in [0.1, 0.15) is 6.29 Å². The van der Waals surface area contributed by atoms with Gasteiger partial charge in [-0.15, -0.1) is 11.8 Å². The minimum Gasteiger partial charge on any atom is -0.303 e. The van der Waals surface area contributed by atoms with E-state index >= 15 is 0 Å². The second-order valence-corrected chi connectivity index (χ2v) is 4.47. The number of rotatable bonds is 4. The molecular weight excluding hydrogens is 156 g/mol. The molecule has 0 aromatic carbocycles. The molecule has 2 heteroatoms. The van der Waals surface area contributed by atoms with Gasteiger partial charge < -0.3 is 4.79 Å².